The number of hydrogen-bond donors (Lipinski definition) is 1. The van der Waals surface area contributed by atoms with E-state index in [1.807, 2.05) is 30.3 Å². The van der Waals surface area contributed by atoms with Crippen molar-refractivity contribution < 1.29 is 5.11 Å². The van der Waals surface area contributed by atoms with Crippen LogP contribution < -0.4 is 0 Å². The summed E-state index contributed by atoms with van der Waals surface area (Å²) >= 11 is 11.9. The first-order chi connectivity index (χ1) is 10.1. The van der Waals surface area contributed by atoms with E-state index < -0.39 is 6.10 Å². The van der Waals surface area contributed by atoms with Gasteiger partial charge >= 0.3 is 0 Å². The van der Waals surface area contributed by atoms with Crippen molar-refractivity contribution in [1.82, 2.24) is 4.98 Å². The molecule has 0 saturated carbocycles. The SMILES string of the molecule is OC(Cc1ccnc2ccccc12)c1ccc(Cl)c(Cl)c1. The van der Waals surface area contributed by atoms with Crippen molar-refractivity contribution in [2.24, 2.45) is 0 Å². The van der Waals surface area contributed by atoms with Crippen molar-refractivity contribution in [1.29, 1.82) is 0 Å². The summed E-state index contributed by atoms with van der Waals surface area (Å²) in [6.45, 7) is 0. The highest BCUT2D eigenvalue weighted by atomic mass is 35.5. The Hall–Kier alpha value is -1.61. The van der Waals surface area contributed by atoms with E-state index in [9.17, 15) is 5.11 Å². The minimum absolute atomic E-state index is 0.452. The minimum atomic E-state index is -0.634. The maximum absolute atomic E-state index is 10.4. The van der Waals surface area contributed by atoms with E-state index in [1.165, 1.54) is 0 Å². The summed E-state index contributed by atoms with van der Waals surface area (Å²) in [5.41, 5.74) is 2.74. The van der Waals surface area contributed by atoms with Gasteiger partial charge in [0.25, 0.3) is 0 Å². The van der Waals surface area contributed by atoms with Crippen LogP contribution in [0.2, 0.25) is 10.0 Å². The van der Waals surface area contributed by atoms with Crippen LogP contribution in [0.25, 0.3) is 10.9 Å². The van der Waals surface area contributed by atoms with Crippen LogP contribution in [0.3, 0.4) is 0 Å². The van der Waals surface area contributed by atoms with Gasteiger partial charge in [-0.3, -0.25) is 4.98 Å². The predicted octanol–water partition coefficient (Wildman–Crippen LogP) is 4.82. The lowest BCUT2D eigenvalue weighted by Gasteiger charge is -2.13. The van der Waals surface area contributed by atoms with Gasteiger partial charge in [-0.2, -0.15) is 0 Å². The van der Waals surface area contributed by atoms with Crippen LogP contribution in [-0.2, 0) is 6.42 Å². The molecule has 2 aromatic carbocycles. The number of rotatable bonds is 3. The molecular weight excluding hydrogens is 305 g/mol. The molecule has 3 aromatic rings. The molecule has 1 aromatic heterocycles. The summed E-state index contributed by atoms with van der Waals surface area (Å²) < 4.78 is 0. The molecule has 106 valence electrons. The van der Waals surface area contributed by atoms with Crippen LogP contribution in [0.1, 0.15) is 17.2 Å². The largest absolute Gasteiger partial charge is 0.388 e. The molecule has 21 heavy (non-hydrogen) atoms. The fraction of sp³-hybridized carbons (Fsp3) is 0.118. The average Bonchev–Trinajstić information content (AvgIpc) is 2.50. The van der Waals surface area contributed by atoms with Crippen molar-refractivity contribution in [3.05, 3.63) is 75.9 Å². The van der Waals surface area contributed by atoms with E-state index in [4.69, 9.17) is 23.2 Å². The predicted molar refractivity (Wildman–Crippen MR) is 86.9 cm³/mol. The van der Waals surface area contributed by atoms with Crippen LogP contribution in [-0.4, -0.2) is 10.1 Å². The maximum atomic E-state index is 10.4. The van der Waals surface area contributed by atoms with Gasteiger partial charge in [-0.15, -0.1) is 0 Å². The lowest BCUT2D eigenvalue weighted by molar-refractivity contribution is 0.179. The molecule has 0 aliphatic heterocycles. The van der Waals surface area contributed by atoms with E-state index in [-0.39, 0.29) is 0 Å². The van der Waals surface area contributed by atoms with Gasteiger partial charge in [0, 0.05) is 18.0 Å². The molecule has 1 unspecified atom stereocenters. The molecule has 4 heteroatoms. The summed E-state index contributed by atoms with van der Waals surface area (Å²) in [6, 6.07) is 15.0. The third-order valence-corrected chi connectivity index (χ3v) is 4.22. The first kappa shape index (κ1) is 14.3. The molecule has 0 saturated heterocycles. The van der Waals surface area contributed by atoms with Crippen molar-refractivity contribution in [3.63, 3.8) is 0 Å². The van der Waals surface area contributed by atoms with Gasteiger partial charge < -0.3 is 5.11 Å². The fourth-order valence-corrected chi connectivity index (χ4v) is 2.69. The number of aliphatic hydroxyl groups excluding tert-OH is 1. The number of para-hydroxylation sites is 1. The van der Waals surface area contributed by atoms with E-state index >= 15 is 0 Å². The normalized spacial score (nSPS) is 12.5. The van der Waals surface area contributed by atoms with Crippen molar-refractivity contribution in [3.8, 4) is 0 Å². The molecule has 0 amide bonds. The smallest absolute Gasteiger partial charge is 0.0831 e. The zero-order valence-electron chi connectivity index (χ0n) is 11.1. The van der Waals surface area contributed by atoms with Gasteiger partial charge in [-0.25, -0.2) is 0 Å². The highest BCUT2D eigenvalue weighted by molar-refractivity contribution is 6.42. The highest BCUT2D eigenvalue weighted by Gasteiger charge is 2.12. The molecule has 0 bridgehead atoms. The third-order valence-electron chi connectivity index (χ3n) is 3.48. The van der Waals surface area contributed by atoms with E-state index in [0.29, 0.717) is 16.5 Å². The van der Waals surface area contributed by atoms with E-state index in [0.717, 1.165) is 22.0 Å². The first-order valence-electron chi connectivity index (χ1n) is 6.61. The number of aliphatic hydroxyl groups is 1. The Morgan fingerprint density at radius 2 is 1.81 bits per heavy atom. The van der Waals surface area contributed by atoms with E-state index in [1.54, 1.807) is 24.4 Å². The number of aromatic nitrogens is 1. The summed E-state index contributed by atoms with van der Waals surface area (Å²) in [6.07, 6.45) is 1.63. The van der Waals surface area contributed by atoms with E-state index in [2.05, 4.69) is 4.98 Å². The number of pyridine rings is 1. The summed E-state index contributed by atoms with van der Waals surface area (Å²) in [5, 5.41) is 12.4. The Morgan fingerprint density at radius 3 is 2.62 bits per heavy atom. The van der Waals surface area contributed by atoms with Gasteiger partial charge in [-0.1, -0.05) is 47.5 Å². The molecule has 1 N–H and O–H groups in total. The third kappa shape index (κ3) is 3.03. The second-order valence-electron chi connectivity index (χ2n) is 4.88. The molecule has 1 atom stereocenters. The molecule has 0 aliphatic carbocycles. The Morgan fingerprint density at radius 1 is 1.00 bits per heavy atom. The quantitative estimate of drug-likeness (QED) is 0.751. The standard InChI is InChI=1S/C17H13Cl2NO/c18-14-6-5-12(9-15(14)19)17(21)10-11-7-8-20-16-4-2-1-3-13(11)16/h1-9,17,21H,10H2. The number of benzene rings is 2. The molecule has 2 nitrogen and oxygen atoms in total. The van der Waals surface area contributed by atoms with Gasteiger partial charge in [0.15, 0.2) is 0 Å². The number of fused-ring (bicyclic) bond motifs is 1. The summed E-state index contributed by atoms with van der Waals surface area (Å²) in [7, 11) is 0. The zero-order valence-corrected chi connectivity index (χ0v) is 12.6. The Kier molecular flexibility index (Phi) is 4.11. The van der Waals surface area contributed by atoms with Crippen molar-refractivity contribution in [2.75, 3.05) is 0 Å². The van der Waals surface area contributed by atoms with Gasteiger partial charge in [0.2, 0.25) is 0 Å². The van der Waals surface area contributed by atoms with Crippen LogP contribution in [0.5, 0.6) is 0 Å². The topological polar surface area (TPSA) is 33.1 Å². The van der Waals surface area contributed by atoms with Gasteiger partial charge in [-0.05, 0) is 35.4 Å². The van der Waals surface area contributed by atoms with Gasteiger partial charge in [0.05, 0.1) is 21.7 Å². The molecular formula is C17H13Cl2NO. The molecule has 0 aliphatic rings. The lowest BCUT2D eigenvalue weighted by atomic mass is 9.99. The summed E-state index contributed by atoms with van der Waals surface area (Å²) in [5.74, 6) is 0. The lowest BCUT2D eigenvalue weighted by Crippen LogP contribution is -2.02. The van der Waals surface area contributed by atoms with Crippen molar-refractivity contribution in [2.45, 2.75) is 12.5 Å². The molecule has 0 spiro atoms. The Balaban J connectivity index is 1.92. The number of nitrogens with zero attached hydrogens (tertiary/aromatic N) is 1. The second-order valence-corrected chi connectivity index (χ2v) is 5.70. The number of halogens is 2. The fourth-order valence-electron chi connectivity index (χ4n) is 2.38. The van der Waals surface area contributed by atoms with Crippen LogP contribution in [0, 0.1) is 0 Å². The molecule has 0 fully saturated rings. The van der Waals surface area contributed by atoms with Crippen molar-refractivity contribution >= 4 is 34.1 Å². The number of hydrogen-bond acceptors (Lipinski definition) is 2. The van der Waals surface area contributed by atoms with Crippen LogP contribution in [0.15, 0.2) is 54.7 Å². The summed E-state index contributed by atoms with van der Waals surface area (Å²) in [4.78, 5) is 4.33. The molecule has 0 radical (unpaired) electrons. The molecule has 1 heterocycles. The minimum Gasteiger partial charge on any atom is -0.388 e. The van der Waals surface area contributed by atoms with Crippen LogP contribution >= 0.6 is 23.2 Å². The zero-order chi connectivity index (χ0) is 14.8. The Bertz CT molecular complexity index is 783. The highest BCUT2D eigenvalue weighted by Crippen LogP contribution is 2.28. The maximum Gasteiger partial charge on any atom is 0.0831 e. The second kappa shape index (κ2) is 6.02. The Labute approximate surface area is 133 Å². The van der Waals surface area contributed by atoms with Gasteiger partial charge in [0.1, 0.15) is 0 Å². The molecule has 3 rings (SSSR count). The van der Waals surface area contributed by atoms with Crippen LogP contribution in [0.4, 0.5) is 0 Å². The monoisotopic (exact) mass is 317 g/mol. The first-order valence-corrected chi connectivity index (χ1v) is 7.36. The average molecular weight is 318 g/mol.